The summed E-state index contributed by atoms with van der Waals surface area (Å²) >= 11 is 0. The zero-order valence-electron chi connectivity index (χ0n) is 15.8. The minimum absolute atomic E-state index is 0.0164. The third kappa shape index (κ3) is 3.01. The highest BCUT2D eigenvalue weighted by Gasteiger charge is 2.29. The molecule has 3 aromatic heterocycles. The van der Waals surface area contributed by atoms with Crippen LogP contribution in [0.1, 0.15) is 48.7 Å². The fourth-order valence-corrected chi connectivity index (χ4v) is 4.12. The SMILES string of the molecule is Cc1cc(N2CCCC2Cn2nc(C3CC3)ccc2=O)n2nc(C)cc2n1. The van der Waals surface area contributed by atoms with Crippen molar-refractivity contribution in [2.24, 2.45) is 0 Å². The molecule has 140 valence electrons. The molecule has 1 aliphatic carbocycles. The van der Waals surface area contributed by atoms with Gasteiger partial charge in [-0.3, -0.25) is 4.79 Å². The summed E-state index contributed by atoms with van der Waals surface area (Å²) < 4.78 is 3.59. The lowest BCUT2D eigenvalue weighted by Gasteiger charge is -2.27. The maximum atomic E-state index is 12.4. The van der Waals surface area contributed by atoms with Gasteiger partial charge in [0.15, 0.2) is 5.65 Å². The molecule has 0 spiro atoms. The molecule has 7 nitrogen and oxygen atoms in total. The molecule has 2 aliphatic rings. The molecule has 1 unspecified atom stereocenters. The summed E-state index contributed by atoms with van der Waals surface area (Å²) in [6.07, 6.45) is 4.52. The van der Waals surface area contributed by atoms with E-state index in [1.54, 1.807) is 10.7 Å². The first-order chi connectivity index (χ1) is 13.1. The molecule has 4 heterocycles. The van der Waals surface area contributed by atoms with E-state index >= 15 is 0 Å². The number of hydrogen-bond donors (Lipinski definition) is 0. The van der Waals surface area contributed by atoms with Gasteiger partial charge in [0.05, 0.1) is 24.0 Å². The van der Waals surface area contributed by atoms with Crippen LogP contribution in [0.25, 0.3) is 5.65 Å². The standard InChI is InChI=1S/C20H24N6O/c1-13-11-19(26-18(21-13)10-14(2)22-26)24-9-3-4-16(24)12-25-20(27)8-7-17(23-25)15-5-6-15/h7-8,10-11,15-16H,3-6,9,12H2,1-2H3. The molecule has 0 bridgehead atoms. The van der Waals surface area contributed by atoms with Crippen molar-refractivity contribution in [1.82, 2.24) is 24.4 Å². The van der Waals surface area contributed by atoms with Crippen molar-refractivity contribution in [3.05, 3.63) is 51.7 Å². The molecular weight excluding hydrogens is 340 g/mol. The molecule has 0 radical (unpaired) electrons. The van der Waals surface area contributed by atoms with Crippen LogP contribution in [-0.2, 0) is 6.54 Å². The third-order valence-electron chi connectivity index (χ3n) is 5.60. The van der Waals surface area contributed by atoms with Crippen LogP contribution >= 0.6 is 0 Å². The highest BCUT2D eigenvalue weighted by molar-refractivity contribution is 5.53. The van der Waals surface area contributed by atoms with E-state index in [9.17, 15) is 4.79 Å². The Kier molecular flexibility index (Phi) is 3.77. The van der Waals surface area contributed by atoms with Crippen LogP contribution in [0, 0.1) is 13.8 Å². The van der Waals surface area contributed by atoms with Gasteiger partial charge in [-0.15, -0.1) is 0 Å². The van der Waals surface area contributed by atoms with Crippen molar-refractivity contribution in [2.45, 2.75) is 58.0 Å². The summed E-state index contributed by atoms with van der Waals surface area (Å²) in [6.45, 7) is 5.58. The summed E-state index contributed by atoms with van der Waals surface area (Å²) in [5, 5.41) is 9.28. The molecule has 1 saturated heterocycles. The van der Waals surface area contributed by atoms with Crippen molar-refractivity contribution in [3.8, 4) is 0 Å². The second-order valence-corrected chi connectivity index (χ2v) is 7.85. The normalized spacial score (nSPS) is 19.9. The Hall–Kier alpha value is -2.70. The number of rotatable bonds is 4. The monoisotopic (exact) mass is 364 g/mol. The number of aromatic nitrogens is 5. The molecule has 2 fully saturated rings. The van der Waals surface area contributed by atoms with Gasteiger partial charge in [-0.1, -0.05) is 0 Å². The van der Waals surface area contributed by atoms with Crippen molar-refractivity contribution in [3.63, 3.8) is 0 Å². The Labute approximate surface area is 157 Å². The highest BCUT2D eigenvalue weighted by Crippen LogP contribution is 2.38. The first kappa shape index (κ1) is 16.5. The lowest BCUT2D eigenvalue weighted by atomic mass is 10.2. The van der Waals surface area contributed by atoms with E-state index in [-0.39, 0.29) is 11.6 Å². The summed E-state index contributed by atoms with van der Waals surface area (Å²) in [7, 11) is 0. The number of hydrogen-bond acceptors (Lipinski definition) is 5. The predicted octanol–water partition coefficient (Wildman–Crippen LogP) is 2.45. The molecule has 0 amide bonds. The molecule has 0 aromatic carbocycles. The van der Waals surface area contributed by atoms with Crippen LogP contribution in [0.5, 0.6) is 0 Å². The zero-order chi connectivity index (χ0) is 18.5. The van der Waals surface area contributed by atoms with Gasteiger partial charge in [-0.25, -0.2) is 9.67 Å². The molecule has 7 heteroatoms. The molecule has 27 heavy (non-hydrogen) atoms. The second kappa shape index (κ2) is 6.18. The van der Waals surface area contributed by atoms with Crippen LogP contribution in [0.15, 0.2) is 29.1 Å². The largest absolute Gasteiger partial charge is 0.352 e. The lowest BCUT2D eigenvalue weighted by molar-refractivity contribution is 0.479. The summed E-state index contributed by atoms with van der Waals surface area (Å²) in [4.78, 5) is 19.3. The maximum absolute atomic E-state index is 12.4. The Morgan fingerprint density at radius 2 is 1.93 bits per heavy atom. The van der Waals surface area contributed by atoms with Crippen molar-refractivity contribution in [2.75, 3.05) is 11.4 Å². The highest BCUT2D eigenvalue weighted by atomic mass is 16.1. The Balaban J connectivity index is 1.50. The first-order valence-electron chi connectivity index (χ1n) is 9.77. The third-order valence-corrected chi connectivity index (χ3v) is 5.60. The smallest absolute Gasteiger partial charge is 0.266 e. The molecule has 0 N–H and O–H groups in total. The number of nitrogens with zero attached hydrogens (tertiary/aromatic N) is 6. The Morgan fingerprint density at radius 1 is 1.07 bits per heavy atom. The average molecular weight is 364 g/mol. The van der Waals surface area contributed by atoms with Gasteiger partial charge in [0.1, 0.15) is 5.82 Å². The predicted molar refractivity (Wildman–Crippen MR) is 103 cm³/mol. The van der Waals surface area contributed by atoms with Gasteiger partial charge >= 0.3 is 0 Å². The van der Waals surface area contributed by atoms with Crippen LogP contribution < -0.4 is 10.5 Å². The van der Waals surface area contributed by atoms with E-state index in [0.717, 1.165) is 47.9 Å². The topological polar surface area (TPSA) is 68.3 Å². The molecule has 3 aromatic rings. The van der Waals surface area contributed by atoms with Crippen LogP contribution in [0.2, 0.25) is 0 Å². The number of aryl methyl sites for hydroxylation is 2. The number of anilines is 1. The second-order valence-electron chi connectivity index (χ2n) is 7.85. The zero-order valence-corrected chi connectivity index (χ0v) is 15.8. The average Bonchev–Trinajstić information content (AvgIpc) is 3.27. The Bertz CT molecular complexity index is 1060. The minimum Gasteiger partial charge on any atom is -0.352 e. The quantitative estimate of drug-likeness (QED) is 0.711. The van der Waals surface area contributed by atoms with E-state index in [1.165, 1.54) is 12.8 Å². The summed E-state index contributed by atoms with van der Waals surface area (Å²) in [5.74, 6) is 1.60. The van der Waals surface area contributed by atoms with Gasteiger partial charge in [0.25, 0.3) is 5.56 Å². The van der Waals surface area contributed by atoms with Gasteiger partial charge in [-0.2, -0.15) is 14.7 Å². The van der Waals surface area contributed by atoms with Gasteiger partial charge < -0.3 is 4.90 Å². The van der Waals surface area contributed by atoms with E-state index in [0.29, 0.717) is 12.5 Å². The molecular formula is C20H24N6O. The van der Waals surface area contributed by atoms with Crippen molar-refractivity contribution >= 4 is 11.5 Å². The Morgan fingerprint density at radius 3 is 2.74 bits per heavy atom. The number of fused-ring (bicyclic) bond motifs is 1. The van der Waals surface area contributed by atoms with Crippen LogP contribution in [0.3, 0.4) is 0 Å². The first-order valence-corrected chi connectivity index (χ1v) is 9.77. The fraction of sp³-hybridized carbons (Fsp3) is 0.500. The van der Waals surface area contributed by atoms with Crippen LogP contribution in [-0.4, -0.2) is 37.0 Å². The van der Waals surface area contributed by atoms with Crippen molar-refractivity contribution < 1.29 is 0 Å². The fourth-order valence-electron chi connectivity index (χ4n) is 4.12. The maximum Gasteiger partial charge on any atom is 0.266 e. The lowest BCUT2D eigenvalue weighted by Crippen LogP contribution is -2.38. The molecule has 1 saturated carbocycles. The van der Waals surface area contributed by atoms with E-state index < -0.39 is 0 Å². The minimum atomic E-state index is -0.0164. The van der Waals surface area contributed by atoms with Crippen molar-refractivity contribution in [1.29, 1.82) is 0 Å². The van der Waals surface area contributed by atoms with E-state index in [1.807, 2.05) is 30.5 Å². The van der Waals surface area contributed by atoms with E-state index in [2.05, 4.69) is 26.1 Å². The van der Waals surface area contributed by atoms with E-state index in [4.69, 9.17) is 0 Å². The summed E-state index contributed by atoms with van der Waals surface area (Å²) in [6, 6.07) is 7.90. The molecule has 1 atom stereocenters. The summed E-state index contributed by atoms with van der Waals surface area (Å²) in [5.41, 5.74) is 3.86. The molecule has 5 rings (SSSR count). The molecule has 1 aliphatic heterocycles. The van der Waals surface area contributed by atoms with Gasteiger partial charge in [-0.05, 0) is 45.6 Å². The van der Waals surface area contributed by atoms with Gasteiger partial charge in [0, 0.05) is 36.4 Å². The van der Waals surface area contributed by atoms with Gasteiger partial charge in [0.2, 0.25) is 0 Å². The van der Waals surface area contributed by atoms with Crippen LogP contribution in [0.4, 0.5) is 5.82 Å².